The normalized spacial score (nSPS) is 14.9. The maximum Gasteiger partial charge on any atom is 0.270 e. The Morgan fingerprint density at radius 1 is 1.03 bits per heavy atom. The summed E-state index contributed by atoms with van der Waals surface area (Å²) in [5.74, 6) is -0.155. The monoisotopic (exact) mass is 511 g/mol. The summed E-state index contributed by atoms with van der Waals surface area (Å²) in [6.45, 7) is 2.58. The van der Waals surface area contributed by atoms with Crippen LogP contribution in [0.1, 0.15) is 15.4 Å². The lowest BCUT2D eigenvalue weighted by Gasteiger charge is -2.33. The van der Waals surface area contributed by atoms with Crippen LogP contribution in [0.4, 0.5) is 5.69 Å². The van der Waals surface area contributed by atoms with Gasteiger partial charge < -0.3 is 4.90 Å². The van der Waals surface area contributed by atoms with Crippen LogP contribution in [0, 0.1) is 17.0 Å². The van der Waals surface area contributed by atoms with Gasteiger partial charge in [0.05, 0.1) is 26.1 Å². The van der Waals surface area contributed by atoms with Crippen LogP contribution in [0.5, 0.6) is 0 Å². The van der Waals surface area contributed by atoms with Crippen LogP contribution in [0.15, 0.2) is 65.6 Å². The molecular formula is C23H21N5O5S2. The predicted molar refractivity (Wildman–Crippen MR) is 131 cm³/mol. The number of amides is 1. The van der Waals surface area contributed by atoms with Gasteiger partial charge in [-0.05, 0) is 31.2 Å². The topological polar surface area (TPSA) is 119 Å². The number of sulfonamides is 1. The second-order valence-corrected chi connectivity index (χ2v) is 11.1. The summed E-state index contributed by atoms with van der Waals surface area (Å²) in [5.41, 5.74) is 1.45. The molecule has 0 aliphatic carbocycles. The molecular weight excluding hydrogens is 490 g/mol. The standard InChI is InChI=1S/C23H21N5O5S2/c1-16-20-15-21(34-23(20)27(24-16)17-6-3-2-4-7-17)22(29)25-10-12-26(13-11-25)35(32,33)19-9-5-8-18(14-19)28(30)31/h2-9,14-15H,10-13H2,1H3. The smallest absolute Gasteiger partial charge is 0.270 e. The summed E-state index contributed by atoms with van der Waals surface area (Å²) in [6, 6.07) is 16.5. The minimum Gasteiger partial charge on any atom is -0.335 e. The van der Waals surface area contributed by atoms with Crippen molar-refractivity contribution in [1.82, 2.24) is 19.0 Å². The lowest BCUT2D eigenvalue weighted by molar-refractivity contribution is -0.385. The first kappa shape index (κ1) is 23.1. The van der Waals surface area contributed by atoms with Gasteiger partial charge in [-0.15, -0.1) is 11.3 Å². The number of fused-ring (bicyclic) bond motifs is 1. The van der Waals surface area contributed by atoms with Gasteiger partial charge in [0.25, 0.3) is 11.6 Å². The maximum atomic E-state index is 13.2. The van der Waals surface area contributed by atoms with E-state index in [1.165, 1.54) is 33.8 Å². The van der Waals surface area contributed by atoms with E-state index in [9.17, 15) is 23.3 Å². The van der Waals surface area contributed by atoms with Gasteiger partial charge in [-0.3, -0.25) is 14.9 Å². The van der Waals surface area contributed by atoms with Gasteiger partial charge in [0.2, 0.25) is 10.0 Å². The molecule has 2 aromatic carbocycles. The molecule has 10 nitrogen and oxygen atoms in total. The third kappa shape index (κ3) is 4.20. The number of aryl methyl sites for hydroxylation is 1. The molecule has 1 aliphatic rings. The van der Waals surface area contributed by atoms with E-state index in [4.69, 9.17) is 0 Å². The van der Waals surface area contributed by atoms with E-state index < -0.39 is 14.9 Å². The average Bonchev–Trinajstić information content (AvgIpc) is 3.45. The number of nitro groups is 1. The number of rotatable bonds is 5. The summed E-state index contributed by atoms with van der Waals surface area (Å²) in [7, 11) is -3.90. The Morgan fingerprint density at radius 2 is 1.74 bits per heavy atom. The van der Waals surface area contributed by atoms with Crippen LogP contribution < -0.4 is 0 Å². The van der Waals surface area contributed by atoms with Crippen LogP contribution in [-0.2, 0) is 10.0 Å². The number of benzene rings is 2. The van der Waals surface area contributed by atoms with Crippen molar-refractivity contribution in [3.8, 4) is 5.69 Å². The molecule has 1 fully saturated rings. The third-order valence-corrected chi connectivity index (χ3v) is 8.94. The molecule has 35 heavy (non-hydrogen) atoms. The number of hydrogen-bond donors (Lipinski definition) is 0. The molecule has 0 saturated carbocycles. The Morgan fingerprint density at radius 3 is 2.43 bits per heavy atom. The molecule has 0 spiro atoms. The number of thiophene rings is 1. The van der Waals surface area contributed by atoms with Crippen LogP contribution in [0.25, 0.3) is 15.9 Å². The third-order valence-electron chi connectivity index (χ3n) is 5.95. The highest BCUT2D eigenvalue weighted by molar-refractivity contribution is 7.89. The van der Waals surface area contributed by atoms with Gasteiger partial charge in [-0.25, -0.2) is 13.1 Å². The molecule has 4 aromatic rings. The summed E-state index contributed by atoms with van der Waals surface area (Å²) < 4.78 is 29.1. The Labute approximate surface area is 205 Å². The first-order chi connectivity index (χ1) is 16.8. The van der Waals surface area contributed by atoms with Crippen LogP contribution in [0.2, 0.25) is 0 Å². The second kappa shape index (κ2) is 8.87. The number of non-ortho nitro benzene ring substituents is 1. The molecule has 1 aliphatic heterocycles. The summed E-state index contributed by atoms with van der Waals surface area (Å²) in [5, 5.41) is 16.5. The zero-order valence-corrected chi connectivity index (χ0v) is 20.3. The van der Waals surface area contributed by atoms with E-state index >= 15 is 0 Å². The van der Waals surface area contributed by atoms with Crippen molar-refractivity contribution in [2.24, 2.45) is 0 Å². The average molecular weight is 512 g/mol. The molecule has 1 amide bonds. The minimum atomic E-state index is -3.90. The fourth-order valence-electron chi connectivity index (χ4n) is 4.09. The second-order valence-electron chi connectivity index (χ2n) is 8.11. The molecule has 2 aromatic heterocycles. The fraction of sp³-hybridized carbons (Fsp3) is 0.217. The Bertz CT molecular complexity index is 1540. The molecule has 1 saturated heterocycles. The van der Waals surface area contributed by atoms with E-state index in [1.54, 1.807) is 4.90 Å². The van der Waals surface area contributed by atoms with Gasteiger partial charge in [-0.1, -0.05) is 24.3 Å². The quantitative estimate of drug-likeness (QED) is 0.299. The predicted octanol–water partition coefficient (Wildman–Crippen LogP) is 3.45. The Balaban J connectivity index is 1.33. The van der Waals surface area contributed by atoms with Crippen LogP contribution in [0.3, 0.4) is 0 Å². The number of piperazine rings is 1. The van der Waals surface area contributed by atoms with Gasteiger partial charge >= 0.3 is 0 Å². The number of nitrogens with zero attached hydrogens (tertiary/aromatic N) is 5. The molecule has 0 N–H and O–H groups in total. The molecule has 12 heteroatoms. The van der Waals surface area contributed by atoms with Crippen molar-refractivity contribution in [2.75, 3.05) is 26.2 Å². The van der Waals surface area contributed by atoms with Crippen molar-refractivity contribution in [1.29, 1.82) is 0 Å². The number of carbonyl (C=O) groups excluding carboxylic acids is 1. The van der Waals surface area contributed by atoms with E-state index in [0.717, 1.165) is 27.7 Å². The molecule has 3 heterocycles. The largest absolute Gasteiger partial charge is 0.335 e. The van der Waals surface area contributed by atoms with Crippen LogP contribution >= 0.6 is 11.3 Å². The van der Waals surface area contributed by atoms with Crippen molar-refractivity contribution >= 4 is 43.2 Å². The molecule has 0 atom stereocenters. The minimum absolute atomic E-state index is 0.110. The van der Waals surface area contributed by atoms with Crippen molar-refractivity contribution in [2.45, 2.75) is 11.8 Å². The summed E-state index contributed by atoms with van der Waals surface area (Å²) >= 11 is 1.36. The zero-order valence-electron chi connectivity index (χ0n) is 18.7. The lowest BCUT2D eigenvalue weighted by atomic mass is 10.2. The SMILES string of the molecule is Cc1nn(-c2ccccc2)c2sc(C(=O)N3CCN(S(=O)(=O)c4cccc([N+](=O)[O-])c4)CC3)cc12. The highest BCUT2D eigenvalue weighted by atomic mass is 32.2. The number of para-hydroxylation sites is 1. The maximum absolute atomic E-state index is 13.2. The first-order valence-corrected chi connectivity index (χ1v) is 13.1. The number of hydrogen-bond acceptors (Lipinski definition) is 7. The van der Waals surface area contributed by atoms with Crippen molar-refractivity contribution < 1.29 is 18.1 Å². The zero-order chi connectivity index (χ0) is 24.7. The highest BCUT2D eigenvalue weighted by Gasteiger charge is 2.32. The number of carbonyl (C=O) groups is 1. The summed E-state index contributed by atoms with van der Waals surface area (Å²) in [4.78, 5) is 26.6. The fourth-order valence-corrected chi connectivity index (χ4v) is 6.70. The van der Waals surface area contributed by atoms with E-state index in [1.807, 2.05) is 48.0 Å². The molecule has 0 unspecified atom stereocenters. The van der Waals surface area contributed by atoms with Crippen molar-refractivity contribution in [3.05, 3.63) is 81.3 Å². The summed E-state index contributed by atoms with van der Waals surface area (Å²) in [6.07, 6.45) is 0. The van der Waals surface area contributed by atoms with Crippen LogP contribution in [-0.4, -0.2) is 64.4 Å². The highest BCUT2D eigenvalue weighted by Crippen LogP contribution is 2.31. The number of nitro benzene ring substituents is 1. The van der Waals surface area contributed by atoms with Crippen molar-refractivity contribution in [3.63, 3.8) is 0 Å². The molecule has 0 bridgehead atoms. The molecule has 0 radical (unpaired) electrons. The molecule has 5 rings (SSSR count). The Kier molecular flexibility index (Phi) is 5.87. The number of aromatic nitrogens is 2. The lowest BCUT2D eigenvalue weighted by Crippen LogP contribution is -2.50. The van der Waals surface area contributed by atoms with Gasteiger partial charge in [0, 0.05) is 43.7 Å². The van der Waals surface area contributed by atoms with Gasteiger partial charge in [-0.2, -0.15) is 9.40 Å². The Hall–Kier alpha value is -3.61. The van der Waals surface area contributed by atoms with E-state index in [0.29, 0.717) is 4.88 Å². The first-order valence-electron chi connectivity index (χ1n) is 10.8. The van der Waals surface area contributed by atoms with Gasteiger partial charge in [0.1, 0.15) is 4.83 Å². The van der Waals surface area contributed by atoms with E-state index in [-0.39, 0.29) is 42.7 Å². The van der Waals surface area contributed by atoms with E-state index in [2.05, 4.69) is 5.10 Å². The van der Waals surface area contributed by atoms with Gasteiger partial charge in [0.15, 0.2) is 0 Å². The molecule has 180 valence electrons.